The first kappa shape index (κ1) is 34.3. The number of nitrogens with zero attached hydrogens (tertiary/aromatic N) is 5. The summed E-state index contributed by atoms with van der Waals surface area (Å²) in [5.41, 5.74) is 1.48. The number of aliphatic imine (C=N–C) groups is 1. The van der Waals surface area contributed by atoms with E-state index in [0.29, 0.717) is 35.1 Å². The topological polar surface area (TPSA) is 99.0 Å². The van der Waals surface area contributed by atoms with Crippen molar-refractivity contribution >= 4 is 17.7 Å². The first-order valence-electron chi connectivity index (χ1n) is 15.3. The van der Waals surface area contributed by atoms with Gasteiger partial charge in [-0.1, -0.05) is 30.3 Å². The second-order valence-corrected chi connectivity index (χ2v) is 11.4. The van der Waals surface area contributed by atoms with Crippen LogP contribution in [-0.2, 0) is 15.1 Å². The Kier molecular flexibility index (Phi) is 10.6. The van der Waals surface area contributed by atoms with Gasteiger partial charge in [-0.2, -0.15) is 13.2 Å². The van der Waals surface area contributed by atoms with E-state index in [-0.39, 0.29) is 5.91 Å². The first-order valence-corrected chi connectivity index (χ1v) is 15.3. The molecule has 4 aromatic rings. The average molecular weight is 666 g/mol. The third-order valence-electron chi connectivity index (χ3n) is 8.37. The molecule has 4 heterocycles. The number of aliphatic carboxylic acids is 1. The Morgan fingerprint density at radius 2 is 1.40 bits per heavy atom. The molecule has 1 saturated heterocycles. The molecule has 0 bridgehead atoms. The summed E-state index contributed by atoms with van der Waals surface area (Å²) < 4.78 is 59.6. The third kappa shape index (κ3) is 7.73. The van der Waals surface area contributed by atoms with Crippen LogP contribution in [0.3, 0.4) is 0 Å². The summed E-state index contributed by atoms with van der Waals surface area (Å²) in [5, 5.41) is 7.12. The lowest BCUT2D eigenvalue weighted by Gasteiger charge is -2.32. The molecule has 0 atom stereocenters. The molecule has 13 heteroatoms. The number of amidine groups is 1. The van der Waals surface area contributed by atoms with Crippen LogP contribution in [0.15, 0.2) is 102 Å². The highest BCUT2D eigenvalue weighted by Gasteiger charge is 2.51. The second-order valence-electron chi connectivity index (χ2n) is 11.4. The molecule has 0 unspecified atom stereocenters. The summed E-state index contributed by atoms with van der Waals surface area (Å²) in [6.07, 6.45) is 3.22. The predicted octanol–water partition coefficient (Wildman–Crippen LogP) is 6.19. The van der Waals surface area contributed by atoms with Gasteiger partial charge in [-0.05, 0) is 110 Å². The normalized spacial score (nSPS) is 16.6. The van der Waals surface area contributed by atoms with Crippen LogP contribution in [0.25, 0.3) is 0 Å². The Morgan fingerprint density at radius 3 is 1.90 bits per heavy atom. The highest BCUT2D eigenvalue weighted by atomic mass is 19.4. The summed E-state index contributed by atoms with van der Waals surface area (Å²) in [6.45, 7) is 3.29. The Labute approximate surface area is 273 Å². The number of carbonyl (C=O) groups is 2. The third-order valence-corrected chi connectivity index (χ3v) is 8.37. The molecule has 1 N–H and O–H groups in total. The van der Waals surface area contributed by atoms with Crippen LogP contribution in [0.2, 0.25) is 0 Å². The Hall–Kier alpha value is -5.04. The van der Waals surface area contributed by atoms with E-state index in [0.717, 1.165) is 38.9 Å². The van der Waals surface area contributed by atoms with Crippen molar-refractivity contribution in [3.8, 4) is 0 Å². The van der Waals surface area contributed by atoms with Crippen LogP contribution >= 0.6 is 0 Å². The van der Waals surface area contributed by atoms with Gasteiger partial charge in [-0.3, -0.25) is 19.7 Å². The summed E-state index contributed by atoms with van der Waals surface area (Å²) in [5.74, 6) is -2.83. The number of halogens is 5. The van der Waals surface area contributed by atoms with Crippen LogP contribution in [0.1, 0.15) is 47.6 Å². The molecular formula is C35H32F5N5O3. The van der Waals surface area contributed by atoms with Gasteiger partial charge in [0.05, 0.1) is 0 Å². The summed E-state index contributed by atoms with van der Waals surface area (Å²) in [7, 11) is 0. The van der Waals surface area contributed by atoms with E-state index in [4.69, 9.17) is 14.9 Å². The number of aromatic nitrogens is 2. The zero-order valence-corrected chi connectivity index (χ0v) is 25.7. The minimum Gasteiger partial charge on any atom is -0.475 e. The number of carboxylic acids is 1. The zero-order chi connectivity index (χ0) is 34.3. The van der Waals surface area contributed by atoms with Crippen LogP contribution < -0.4 is 0 Å². The van der Waals surface area contributed by atoms with E-state index in [9.17, 15) is 26.7 Å². The van der Waals surface area contributed by atoms with E-state index in [1.165, 1.54) is 29.8 Å². The van der Waals surface area contributed by atoms with Crippen molar-refractivity contribution in [3.63, 3.8) is 0 Å². The second kappa shape index (κ2) is 14.8. The molecule has 0 aliphatic carbocycles. The fourth-order valence-corrected chi connectivity index (χ4v) is 5.96. The van der Waals surface area contributed by atoms with Gasteiger partial charge in [0.2, 0.25) is 0 Å². The van der Waals surface area contributed by atoms with Crippen molar-refractivity contribution < 1.29 is 36.6 Å². The predicted molar refractivity (Wildman–Crippen MR) is 167 cm³/mol. The van der Waals surface area contributed by atoms with Gasteiger partial charge in [-0.15, -0.1) is 0 Å². The van der Waals surface area contributed by atoms with E-state index < -0.39 is 29.3 Å². The fourth-order valence-electron chi connectivity index (χ4n) is 5.96. The number of likely N-dealkylation sites (tertiary alicyclic amines) is 1. The lowest BCUT2D eigenvalue weighted by atomic mass is 9.82. The minimum atomic E-state index is -5.08. The number of hydrogen-bond acceptors (Lipinski definition) is 6. The quantitative estimate of drug-likeness (QED) is 0.226. The Bertz CT molecular complexity index is 1670. The molecule has 1 fully saturated rings. The molecule has 2 aromatic heterocycles. The van der Waals surface area contributed by atoms with Crippen molar-refractivity contribution in [2.24, 2.45) is 4.99 Å². The summed E-state index contributed by atoms with van der Waals surface area (Å²) >= 11 is 0. The Balaban J connectivity index is 0.000000582. The molecule has 0 spiro atoms. The summed E-state index contributed by atoms with van der Waals surface area (Å²) in [6, 6.07) is 21.3. The number of benzene rings is 2. The number of carboxylic acid groups (broad SMARTS) is 1. The zero-order valence-electron chi connectivity index (χ0n) is 25.7. The fraction of sp³-hybridized carbons (Fsp3) is 0.286. The smallest absolute Gasteiger partial charge is 0.475 e. The maximum Gasteiger partial charge on any atom is 0.490 e. The first-order chi connectivity index (χ1) is 23.0. The largest absolute Gasteiger partial charge is 0.490 e. The maximum atomic E-state index is 14.4. The van der Waals surface area contributed by atoms with E-state index in [2.05, 4.69) is 27.0 Å². The van der Waals surface area contributed by atoms with Crippen LogP contribution in [-0.4, -0.2) is 74.9 Å². The molecule has 6 rings (SSSR count). The SMILES string of the molecule is O=C(O)C(F)(F)F.O=C1N(CCCN2CCC(c3ccncc3)CC2)C(c2ccccn2)=NC1(c1ccc(F)cc1)c1ccc(F)cc1. The molecule has 48 heavy (non-hydrogen) atoms. The maximum absolute atomic E-state index is 14.4. The number of pyridine rings is 2. The van der Waals surface area contributed by atoms with E-state index in [1.54, 1.807) is 35.4 Å². The molecule has 2 aromatic carbocycles. The van der Waals surface area contributed by atoms with Crippen molar-refractivity contribution in [1.82, 2.24) is 19.8 Å². The number of amides is 1. The van der Waals surface area contributed by atoms with Crippen molar-refractivity contribution in [1.29, 1.82) is 0 Å². The molecule has 1 amide bonds. The van der Waals surface area contributed by atoms with Gasteiger partial charge in [0.25, 0.3) is 5.91 Å². The number of hydrogen-bond donors (Lipinski definition) is 1. The number of alkyl halides is 3. The van der Waals surface area contributed by atoms with Crippen molar-refractivity contribution in [3.05, 3.63) is 131 Å². The van der Waals surface area contributed by atoms with Crippen LogP contribution in [0.5, 0.6) is 0 Å². The molecule has 2 aliphatic rings. The number of piperidine rings is 1. The minimum absolute atomic E-state index is 0.257. The highest BCUT2D eigenvalue weighted by Crippen LogP contribution is 2.41. The van der Waals surface area contributed by atoms with Crippen molar-refractivity contribution in [2.75, 3.05) is 26.2 Å². The lowest BCUT2D eigenvalue weighted by molar-refractivity contribution is -0.192. The molecule has 0 radical (unpaired) electrons. The van der Waals surface area contributed by atoms with Crippen LogP contribution in [0, 0.1) is 11.6 Å². The average Bonchev–Trinajstić information content (AvgIpc) is 3.39. The Morgan fingerprint density at radius 1 is 0.833 bits per heavy atom. The lowest BCUT2D eigenvalue weighted by Crippen LogP contribution is -2.43. The van der Waals surface area contributed by atoms with Gasteiger partial charge in [-0.25, -0.2) is 18.6 Å². The number of carbonyl (C=O) groups excluding carboxylic acids is 1. The van der Waals surface area contributed by atoms with E-state index in [1.807, 2.05) is 30.6 Å². The van der Waals surface area contributed by atoms with Gasteiger partial charge < -0.3 is 10.0 Å². The van der Waals surface area contributed by atoms with Gasteiger partial charge in [0, 0.05) is 25.1 Å². The standard InChI is InChI=1S/C33H31F2N5O.C2HF3O2/c34-28-9-5-26(6-10-28)33(27-7-11-29(35)12-8-27)32(41)40(31(38-33)30-4-1-2-17-37-30)21-3-20-39-22-15-25(16-23-39)24-13-18-36-19-14-24;3-2(4,5)1(6)7/h1-2,4-14,17-19,25H,3,15-16,20-23H2;(H,6,7). The van der Waals surface area contributed by atoms with Gasteiger partial charge in [0.1, 0.15) is 17.3 Å². The molecule has 2 aliphatic heterocycles. The van der Waals surface area contributed by atoms with Crippen LogP contribution in [0.4, 0.5) is 22.0 Å². The summed E-state index contributed by atoms with van der Waals surface area (Å²) in [4.78, 5) is 41.1. The van der Waals surface area contributed by atoms with E-state index >= 15 is 0 Å². The molecule has 0 saturated carbocycles. The monoisotopic (exact) mass is 665 g/mol. The molecular weight excluding hydrogens is 633 g/mol. The molecule has 8 nitrogen and oxygen atoms in total. The van der Waals surface area contributed by atoms with Crippen molar-refractivity contribution in [2.45, 2.75) is 36.9 Å². The molecule has 250 valence electrons. The highest BCUT2D eigenvalue weighted by molar-refractivity contribution is 6.16. The van der Waals surface area contributed by atoms with Gasteiger partial charge >= 0.3 is 12.1 Å². The van der Waals surface area contributed by atoms with Gasteiger partial charge in [0.15, 0.2) is 11.4 Å². The number of rotatable bonds is 8.